The Labute approximate surface area is 108 Å². The minimum absolute atomic E-state index is 0.546. The molecule has 1 fully saturated rings. The Bertz CT molecular complexity index is 338. The first-order chi connectivity index (χ1) is 8.24. The maximum Gasteiger partial charge on any atom is 0.129 e. The smallest absolute Gasteiger partial charge is 0.129 e. The van der Waals surface area contributed by atoms with Gasteiger partial charge >= 0.3 is 0 Å². The first kappa shape index (κ1) is 12.8. The zero-order chi connectivity index (χ0) is 12.1. The van der Waals surface area contributed by atoms with Crippen LogP contribution in [0.4, 0.5) is 0 Å². The minimum Gasteiger partial charge on any atom is -0.380 e. The highest BCUT2D eigenvalue weighted by molar-refractivity contribution is 6.29. The molecule has 0 aliphatic heterocycles. The van der Waals surface area contributed by atoms with Crippen LogP contribution in [0.1, 0.15) is 18.4 Å². The minimum atomic E-state index is 0.546. The molecule has 0 radical (unpaired) electrons. The largest absolute Gasteiger partial charge is 0.380 e. The lowest BCUT2D eigenvalue weighted by atomic mass is 10.3. The van der Waals surface area contributed by atoms with Crippen molar-refractivity contribution < 1.29 is 4.74 Å². The van der Waals surface area contributed by atoms with E-state index in [0.29, 0.717) is 5.15 Å². The van der Waals surface area contributed by atoms with Crippen molar-refractivity contribution in [1.29, 1.82) is 0 Å². The molecule has 0 N–H and O–H groups in total. The maximum atomic E-state index is 5.74. The summed E-state index contributed by atoms with van der Waals surface area (Å²) in [6.07, 6.45) is 4.53. The number of likely N-dealkylation sites (N-methyl/N-ethyl adjacent to an activating group) is 1. The summed E-state index contributed by atoms with van der Waals surface area (Å²) in [5, 5.41) is 0.546. The lowest BCUT2D eigenvalue weighted by Gasteiger charge is -2.16. The molecule has 4 heteroatoms. The van der Waals surface area contributed by atoms with Gasteiger partial charge in [0.2, 0.25) is 0 Å². The van der Waals surface area contributed by atoms with Gasteiger partial charge in [-0.2, -0.15) is 0 Å². The average Bonchev–Trinajstić information content (AvgIpc) is 3.12. The van der Waals surface area contributed by atoms with Gasteiger partial charge in [-0.1, -0.05) is 17.7 Å². The molecule has 0 bridgehead atoms. The van der Waals surface area contributed by atoms with E-state index in [1.165, 1.54) is 18.4 Å². The summed E-state index contributed by atoms with van der Waals surface area (Å²) in [6, 6.07) is 3.84. The first-order valence-corrected chi connectivity index (χ1v) is 6.48. The van der Waals surface area contributed by atoms with E-state index in [-0.39, 0.29) is 0 Å². The van der Waals surface area contributed by atoms with Crippen LogP contribution in [0.25, 0.3) is 0 Å². The van der Waals surface area contributed by atoms with Crippen LogP contribution >= 0.6 is 11.6 Å². The first-order valence-electron chi connectivity index (χ1n) is 6.11. The standard InChI is InChI=1S/C13H19ClN2O/c1-16(6-7-17-10-11-2-3-11)9-12-4-5-13(14)15-8-12/h4-5,8,11H,2-3,6-7,9-10H2,1H3. The number of hydrogen-bond acceptors (Lipinski definition) is 3. The van der Waals surface area contributed by atoms with Gasteiger partial charge in [0.1, 0.15) is 5.15 Å². The van der Waals surface area contributed by atoms with Crippen LogP contribution in [0.5, 0.6) is 0 Å². The molecule has 0 atom stereocenters. The zero-order valence-corrected chi connectivity index (χ0v) is 11.0. The van der Waals surface area contributed by atoms with Gasteiger partial charge in [0, 0.05) is 25.9 Å². The summed E-state index contributed by atoms with van der Waals surface area (Å²) in [5.41, 5.74) is 1.18. The van der Waals surface area contributed by atoms with Crippen molar-refractivity contribution >= 4 is 11.6 Å². The Morgan fingerprint density at radius 2 is 2.29 bits per heavy atom. The van der Waals surface area contributed by atoms with Crippen LogP contribution in [-0.2, 0) is 11.3 Å². The highest BCUT2D eigenvalue weighted by Crippen LogP contribution is 2.28. The topological polar surface area (TPSA) is 25.4 Å². The van der Waals surface area contributed by atoms with Crippen LogP contribution in [0.3, 0.4) is 0 Å². The van der Waals surface area contributed by atoms with Gasteiger partial charge in [-0.3, -0.25) is 4.90 Å². The normalized spacial score (nSPS) is 15.5. The zero-order valence-electron chi connectivity index (χ0n) is 10.2. The molecule has 1 aliphatic rings. The Kier molecular flexibility index (Phi) is 4.77. The van der Waals surface area contributed by atoms with Gasteiger partial charge < -0.3 is 4.74 Å². The van der Waals surface area contributed by atoms with E-state index in [0.717, 1.165) is 32.2 Å². The Morgan fingerprint density at radius 1 is 1.47 bits per heavy atom. The molecule has 1 aromatic heterocycles. The van der Waals surface area contributed by atoms with E-state index in [1.54, 1.807) is 0 Å². The van der Waals surface area contributed by atoms with Crippen LogP contribution < -0.4 is 0 Å². The number of pyridine rings is 1. The second-order valence-corrected chi connectivity index (χ2v) is 5.13. The molecule has 0 amide bonds. The van der Waals surface area contributed by atoms with Gasteiger partial charge in [-0.15, -0.1) is 0 Å². The molecule has 17 heavy (non-hydrogen) atoms. The summed E-state index contributed by atoms with van der Waals surface area (Å²) in [5.74, 6) is 0.848. The highest BCUT2D eigenvalue weighted by Gasteiger charge is 2.20. The third-order valence-electron chi connectivity index (χ3n) is 2.91. The van der Waals surface area contributed by atoms with Crippen molar-refractivity contribution in [3.05, 3.63) is 29.0 Å². The van der Waals surface area contributed by atoms with Crippen molar-refractivity contribution in [1.82, 2.24) is 9.88 Å². The van der Waals surface area contributed by atoms with Crippen molar-refractivity contribution in [2.24, 2.45) is 5.92 Å². The van der Waals surface area contributed by atoms with Gasteiger partial charge in [-0.25, -0.2) is 4.98 Å². The lowest BCUT2D eigenvalue weighted by molar-refractivity contribution is 0.102. The monoisotopic (exact) mass is 254 g/mol. The molecule has 0 aromatic carbocycles. The molecule has 1 aromatic rings. The molecule has 1 aliphatic carbocycles. The summed E-state index contributed by atoms with van der Waals surface area (Å²) in [6.45, 7) is 3.59. The molecule has 3 nitrogen and oxygen atoms in total. The number of rotatable bonds is 7. The summed E-state index contributed by atoms with van der Waals surface area (Å²) in [4.78, 5) is 6.30. The van der Waals surface area contributed by atoms with E-state index in [1.807, 2.05) is 18.3 Å². The molecular weight excluding hydrogens is 236 g/mol. The second-order valence-electron chi connectivity index (χ2n) is 4.75. The van der Waals surface area contributed by atoms with Crippen LogP contribution in [0, 0.1) is 5.92 Å². The summed E-state index contributed by atoms with van der Waals surface area (Å²) in [7, 11) is 2.09. The molecule has 94 valence electrons. The number of hydrogen-bond donors (Lipinski definition) is 0. The van der Waals surface area contributed by atoms with Crippen LogP contribution in [-0.4, -0.2) is 36.7 Å². The number of halogens is 1. The second kappa shape index (κ2) is 6.34. The van der Waals surface area contributed by atoms with Gasteiger partial charge in [0.05, 0.1) is 6.61 Å². The fourth-order valence-electron chi connectivity index (χ4n) is 1.65. The molecule has 0 unspecified atom stereocenters. The summed E-state index contributed by atoms with van der Waals surface area (Å²) < 4.78 is 5.61. The van der Waals surface area contributed by atoms with Gasteiger partial charge in [0.25, 0.3) is 0 Å². The van der Waals surface area contributed by atoms with E-state index in [9.17, 15) is 0 Å². The molecule has 1 heterocycles. The third kappa shape index (κ3) is 5.02. The number of nitrogens with zero attached hydrogens (tertiary/aromatic N) is 2. The van der Waals surface area contributed by atoms with Gasteiger partial charge in [0.15, 0.2) is 0 Å². The van der Waals surface area contributed by atoms with E-state index < -0.39 is 0 Å². The van der Waals surface area contributed by atoms with Crippen molar-refractivity contribution in [2.45, 2.75) is 19.4 Å². The average molecular weight is 255 g/mol. The fourth-order valence-corrected chi connectivity index (χ4v) is 1.76. The van der Waals surface area contributed by atoms with Crippen LogP contribution in [0.15, 0.2) is 18.3 Å². The van der Waals surface area contributed by atoms with Crippen LogP contribution in [0.2, 0.25) is 5.15 Å². The molecular formula is C13H19ClN2O. The predicted molar refractivity (Wildman–Crippen MR) is 69.1 cm³/mol. The summed E-state index contributed by atoms with van der Waals surface area (Å²) >= 11 is 5.74. The predicted octanol–water partition coefficient (Wildman–Crippen LogP) is 2.59. The fraction of sp³-hybridized carbons (Fsp3) is 0.615. The number of ether oxygens (including phenoxy) is 1. The molecule has 0 spiro atoms. The highest BCUT2D eigenvalue weighted by atomic mass is 35.5. The van der Waals surface area contributed by atoms with E-state index >= 15 is 0 Å². The quantitative estimate of drug-likeness (QED) is 0.553. The molecule has 0 saturated heterocycles. The lowest BCUT2D eigenvalue weighted by Crippen LogP contribution is -2.23. The van der Waals surface area contributed by atoms with E-state index in [4.69, 9.17) is 16.3 Å². The Hall–Kier alpha value is -0.640. The van der Waals surface area contributed by atoms with Crippen molar-refractivity contribution in [2.75, 3.05) is 26.8 Å². The van der Waals surface area contributed by atoms with E-state index in [2.05, 4.69) is 16.9 Å². The number of aromatic nitrogens is 1. The van der Waals surface area contributed by atoms with Gasteiger partial charge in [-0.05, 0) is 37.4 Å². The Morgan fingerprint density at radius 3 is 2.94 bits per heavy atom. The molecule has 1 saturated carbocycles. The maximum absolute atomic E-state index is 5.74. The third-order valence-corrected chi connectivity index (χ3v) is 3.13. The van der Waals surface area contributed by atoms with Crippen molar-refractivity contribution in [3.8, 4) is 0 Å². The van der Waals surface area contributed by atoms with Crippen molar-refractivity contribution in [3.63, 3.8) is 0 Å². The Balaban J connectivity index is 1.61. The SMILES string of the molecule is CN(CCOCC1CC1)Cc1ccc(Cl)nc1. The molecule has 2 rings (SSSR count).